The summed E-state index contributed by atoms with van der Waals surface area (Å²) in [6.45, 7) is 8.21. The maximum absolute atomic E-state index is 13.3. The van der Waals surface area contributed by atoms with Crippen molar-refractivity contribution in [2.24, 2.45) is 7.05 Å². The molecule has 2 heterocycles. The van der Waals surface area contributed by atoms with Crippen LogP contribution in [0.15, 0.2) is 24.3 Å². The minimum Gasteiger partial charge on any atom is -0.333 e. The number of aromatic nitrogens is 2. The summed E-state index contributed by atoms with van der Waals surface area (Å²) in [4.78, 5) is 15.3. The second-order valence-corrected chi connectivity index (χ2v) is 7.17. The molecule has 0 saturated carbocycles. The van der Waals surface area contributed by atoms with Crippen LogP contribution in [0.1, 0.15) is 41.4 Å². The third kappa shape index (κ3) is 4.77. The van der Waals surface area contributed by atoms with Gasteiger partial charge in [0.2, 0.25) is 5.91 Å². The van der Waals surface area contributed by atoms with Crippen LogP contribution in [-0.2, 0) is 11.8 Å². The van der Waals surface area contributed by atoms with Gasteiger partial charge in [0.1, 0.15) is 0 Å². The van der Waals surface area contributed by atoms with E-state index >= 15 is 0 Å². The smallest absolute Gasteiger partial charge is 0.230 e. The molecule has 5 nitrogen and oxygen atoms in total. The van der Waals surface area contributed by atoms with E-state index in [4.69, 9.17) is 11.6 Å². The largest absolute Gasteiger partial charge is 0.333 e. The molecule has 8 heteroatoms. The van der Waals surface area contributed by atoms with Gasteiger partial charge in [-0.05, 0) is 38.5 Å². The van der Waals surface area contributed by atoms with Gasteiger partial charge in [-0.1, -0.05) is 23.7 Å². The predicted molar refractivity (Wildman–Crippen MR) is 114 cm³/mol. The van der Waals surface area contributed by atoms with Crippen LogP contribution < -0.4 is 5.32 Å². The van der Waals surface area contributed by atoms with E-state index in [0.717, 1.165) is 35.6 Å². The molecule has 1 aliphatic heterocycles. The number of rotatable bonds is 3. The average Bonchev–Trinajstić information content (AvgIpc) is 2.86. The van der Waals surface area contributed by atoms with E-state index in [0.29, 0.717) is 11.6 Å². The highest BCUT2D eigenvalue weighted by Gasteiger charge is 2.33. The molecule has 1 amide bonds. The fraction of sp³-hybridized carbons (Fsp3) is 0.474. The van der Waals surface area contributed by atoms with Crippen LogP contribution in [0, 0.1) is 13.8 Å². The summed E-state index contributed by atoms with van der Waals surface area (Å²) >= 11 is 6.16. The molecule has 0 bridgehead atoms. The van der Waals surface area contributed by atoms with Crippen molar-refractivity contribution in [2.45, 2.75) is 32.7 Å². The van der Waals surface area contributed by atoms with Gasteiger partial charge in [-0.3, -0.25) is 9.48 Å². The number of nitrogens with zero attached hydrogens (tertiary/aromatic N) is 3. The molecule has 0 radical (unpaired) electrons. The Hall–Kier alpha value is -1.27. The van der Waals surface area contributed by atoms with Gasteiger partial charge < -0.3 is 10.2 Å². The summed E-state index contributed by atoms with van der Waals surface area (Å²) in [6.07, 6.45) is 0. The van der Waals surface area contributed by atoms with E-state index in [1.165, 1.54) is 0 Å². The van der Waals surface area contributed by atoms with Crippen LogP contribution in [0.2, 0.25) is 5.02 Å². The van der Waals surface area contributed by atoms with Crippen molar-refractivity contribution in [2.75, 3.05) is 19.6 Å². The molecule has 1 fully saturated rings. The van der Waals surface area contributed by atoms with E-state index < -0.39 is 0 Å². The maximum atomic E-state index is 13.3. The number of piperazine rings is 1. The lowest BCUT2D eigenvalue weighted by molar-refractivity contribution is -0.135. The van der Waals surface area contributed by atoms with Gasteiger partial charge in [-0.25, -0.2) is 0 Å². The molecule has 0 spiro atoms. The summed E-state index contributed by atoms with van der Waals surface area (Å²) in [5, 5.41) is 8.55. The summed E-state index contributed by atoms with van der Waals surface area (Å²) < 4.78 is 1.85. The molecule has 1 aliphatic rings. The Balaban J connectivity index is 0.00000182. The first-order chi connectivity index (χ1) is 11.9. The molecule has 150 valence electrons. The molecule has 1 N–H and O–H groups in total. The summed E-state index contributed by atoms with van der Waals surface area (Å²) in [5.41, 5.74) is 4.08. The fourth-order valence-corrected chi connectivity index (χ4v) is 3.97. The van der Waals surface area contributed by atoms with Gasteiger partial charge in [0, 0.05) is 43.0 Å². The Morgan fingerprint density at radius 1 is 1.33 bits per heavy atom. The summed E-state index contributed by atoms with van der Waals surface area (Å²) in [5.74, 6) is -0.0702. The lowest BCUT2D eigenvalue weighted by Gasteiger charge is -2.38. The number of hydrogen-bond donors (Lipinski definition) is 1. The molecule has 1 aromatic carbocycles. The number of nitrogens with one attached hydrogen (secondary N) is 1. The summed E-state index contributed by atoms with van der Waals surface area (Å²) in [7, 11) is 1.92. The Bertz CT molecular complexity index is 793. The van der Waals surface area contributed by atoms with Crippen LogP contribution in [0.25, 0.3) is 0 Å². The fourth-order valence-electron chi connectivity index (χ4n) is 3.77. The zero-order valence-corrected chi connectivity index (χ0v) is 18.4. The van der Waals surface area contributed by atoms with Crippen LogP contribution in [0.3, 0.4) is 0 Å². The van der Waals surface area contributed by atoms with Crippen LogP contribution in [0.4, 0.5) is 0 Å². The van der Waals surface area contributed by atoms with E-state index in [-0.39, 0.29) is 42.7 Å². The molecule has 1 saturated heterocycles. The van der Waals surface area contributed by atoms with Crippen molar-refractivity contribution in [3.8, 4) is 0 Å². The predicted octanol–water partition coefficient (Wildman–Crippen LogP) is 3.81. The van der Waals surface area contributed by atoms with Crippen LogP contribution in [0.5, 0.6) is 0 Å². The molecule has 2 aromatic rings. The quantitative estimate of drug-likeness (QED) is 0.801. The number of carbonyl (C=O) groups is 1. The standard InChI is InChI=1S/C19H25ClN4O.2ClH/c1-12(18-13(2)22-23(4)14(18)3)19(25)24-9-8-21-11-17(24)15-6-5-7-16(20)10-15;;/h5-7,10,12,17,21H,8-9,11H2,1-4H3;2*1H. The van der Waals surface area contributed by atoms with E-state index in [1.807, 2.05) is 61.7 Å². The van der Waals surface area contributed by atoms with Gasteiger partial charge in [0.25, 0.3) is 0 Å². The molecule has 0 aliphatic carbocycles. The highest BCUT2D eigenvalue weighted by atomic mass is 35.5. The number of halogens is 3. The van der Waals surface area contributed by atoms with Crippen molar-refractivity contribution < 1.29 is 4.79 Å². The van der Waals surface area contributed by atoms with Gasteiger partial charge in [0.15, 0.2) is 0 Å². The number of aryl methyl sites for hydroxylation is 2. The second kappa shape index (κ2) is 9.78. The molecular weight excluding hydrogens is 407 g/mol. The SMILES string of the molecule is Cc1nn(C)c(C)c1C(C)C(=O)N1CCNCC1c1cccc(Cl)c1.Cl.Cl. The molecular formula is C19H27Cl3N4O. The minimum atomic E-state index is -0.214. The van der Waals surface area contributed by atoms with Crippen LogP contribution in [-0.4, -0.2) is 40.2 Å². The Labute approximate surface area is 178 Å². The third-order valence-corrected chi connectivity index (χ3v) is 5.36. The maximum Gasteiger partial charge on any atom is 0.230 e. The van der Waals surface area contributed by atoms with Gasteiger partial charge in [-0.2, -0.15) is 5.10 Å². The van der Waals surface area contributed by atoms with Gasteiger partial charge in [0.05, 0.1) is 17.7 Å². The molecule has 1 aromatic heterocycles. The molecule has 3 rings (SSSR count). The van der Waals surface area contributed by atoms with Gasteiger partial charge >= 0.3 is 0 Å². The van der Waals surface area contributed by atoms with Crippen molar-refractivity contribution in [3.63, 3.8) is 0 Å². The lowest BCUT2D eigenvalue weighted by Crippen LogP contribution is -2.49. The van der Waals surface area contributed by atoms with Crippen molar-refractivity contribution in [1.82, 2.24) is 20.0 Å². The summed E-state index contributed by atoms with van der Waals surface area (Å²) in [6, 6.07) is 7.78. The van der Waals surface area contributed by atoms with E-state index in [2.05, 4.69) is 10.4 Å². The first-order valence-corrected chi connectivity index (χ1v) is 9.04. The van der Waals surface area contributed by atoms with E-state index in [9.17, 15) is 4.79 Å². The number of hydrogen-bond acceptors (Lipinski definition) is 3. The highest BCUT2D eigenvalue weighted by molar-refractivity contribution is 6.30. The van der Waals surface area contributed by atoms with Crippen LogP contribution >= 0.6 is 36.4 Å². The lowest BCUT2D eigenvalue weighted by atomic mass is 9.95. The number of carbonyl (C=O) groups excluding carboxylic acids is 1. The third-order valence-electron chi connectivity index (χ3n) is 5.13. The zero-order valence-electron chi connectivity index (χ0n) is 16.0. The Morgan fingerprint density at radius 2 is 2.04 bits per heavy atom. The monoisotopic (exact) mass is 432 g/mol. The van der Waals surface area contributed by atoms with Gasteiger partial charge in [-0.15, -0.1) is 24.8 Å². The molecule has 2 unspecified atom stereocenters. The normalized spacial score (nSPS) is 17.7. The Kier molecular flexibility index (Phi) is 8.61. The van der Waals surface area contributed by atoms with E-state index in [1.54, 1.807) is 0 Å². The zero-order chi connectivity index (χ0) is 18.1. The first kappa shape index (κ1) is 23.8. The molecule has 27 heavy (non-hydrogen) atoms. The first-order valence-electron chi connectivity index (χ1n) is 8.67. The van der Waals surface area contributed by atoms with Crippen molar-refractivity contribution in [3.05, 3.63) is 51.8 Å². The topological polar surface area (TPSA) is 50.2 Å². The van der Waals surface area contributed by atoms with Crippen molar-refractivity contribution in [1.29, 1.82) is 0 Å². The highest BCUT2D eigenvalue weighted by Crippen LogP contribution is 2.30. The molecule has 2 atom stereocenters. The number of amides is 1. The minimum absolute atomic E-state index is 0. The average molecular weight is 434 g/mol. The Morgan fingerprint density at radius 3 is 2.63 bits per heavy atom. The second-order valence-electron chi connectivity index (χ2n) is 6.74. The number of benzene rings is 1. The van der Waals surface area contributed by atoms with Crippen molar-refractivity contribution >= 4 is 42.3 Å².